The second kappa shape index (κ2) is 4.50. The lowest BCUT2D eigenvalue weighted by Crippen LogP contribution is -2.21. The molecule has 17 heavy (non-hydrogen) atoms. The van der Waals surface area contributed by atoms with Crippen molar-refractivity contribution < 1.29 is 31.1 Å². The SMILES string of the molecule is [B]c1ccc(OCC(F)(F)F)c(C(F)(F)F)c1. The summed E-state index contributed by atoms with van der Waals surface area (Å²) in [5.74, 6) is -0.899. The van der Waals surface area contributed by atoms with E-state index < -0.39 is 30.3 Å². The minimum absolute atomic E-state index is 0.211. The normalized spacial score (nSPS) is 12.6. The van der Waals surface area contributed by atoms with Gasteiger partial charge in [-0.3, -0.25) is 0 Å². The number of hydrogen-bond acceptors (Lipinski definition) is 1. The first-order valence-electron chi connectivity index (χ1n) is 4.26. The predicted molar refractivity (Wildman–Crippen MR) is 48.4 cm³/mol. The summed E-state index contributed by atoms with van der Waals surface area (Å²) < 4.78 is 76.8. The highest BCUT2D eigenvalue weighted by atomic mass is 19.4. The van der Waals surface area contributed by atoms with Crippen molar-refractivity contribution in [2.75, 3.05) is 6.61 Å². The fourth-order valence-corrected chi connectivity index (χ4v) is 1.05. The lowest BCUT2D eigenvalue weighted by atomic mass is 9.94. The zero-order valence-corrected chi connectivity index (χ0v) is 8.19. The van der Waals surface area contributed by atoms with E-state index >= 15 is 0 Å². The molecule has 0 aromatic heterocycles. The molecule has 0 fully saturated rings. The Kier molecular flexibility index (Phi) is 3.64. The topological polar surface area (TPSA) is 9.23 Å². The van der Waals surface area contributed by atoms with E-state index in [1.807, 2.05) is 0 Å². The molecule has 0 heterocycles. The van der Waals surface area contributed by atoms with Crippen LogP contribution in [0, 0.1) is 0 Å². The number of rotatable bonds is 2. The van der Waals surface area contributed by atoms with Gasteiger partial charge in [-0.05, 0) is 6.07 Å². The summed E-state index contributed by atoms with van der Waals surface area (Å²) in [6.45, 7) is -1.79. The number of alkyl halides is 6. The van der Waals surface area contributed by atoms with Crippen molar-refractivity contribution in [3.05, 3.63) is 23.8 Å². The zero-order chi connectivity index (χ0) is 13.3. The van der Waals surface area contributed by atoms with E-state index in [-0.39, 0.29) is 5.46 Å². The van der Waals surface area contributed by atoms with Gasteiger partial charge >= 0.3 is 12.4 Å². The van der Waals surface area contributed by atoms with Gasteiger partial charge in [0.05, 0.1) is 5.56 Å². The first-order valence-corrected chi connectivity index (χ1v) is 4.26. The third kappa shape index (κ3) is 4.20. The lowest BCUT2D eigenvalue weighted by Gasteiger charge is -2.15. The minimum atomic E-state index is -4.82. The summed E-state index contributed by atoms with van der Waals surface area (Å²) in [7, 11) is 5.13. The maximum absolute atomic E-state index is 12.4. The summed E-state index contributed by atoms with van der Waals surface area (Å²) in [5.41, 5.74) is -1.54. The molecule has 0 saturated heterocycles. The van der Waals surface area contributed by atoms with Crippen LogP contribution in [0.4, 0.5) is 26.3 Å². The second-order valence-electron chi connectivity index (χ2n) is 3.16. The Morgan fingerprint density at radius 3 is 2.12 bits per heavy atom. The summed E-state index contributed by atoms with van der Waals surface area (Å²) in [6.07, 6.45) is -9.53. The molecular weight excluding hydrogens is 249 g/mol. The molecule has 8 heteroatoms. The summed E-state index contributed by atoms with van der Waals surface area (Å²) in [6, 6.07) is 2.30. The molecular formula is C9H5BF6O. The van der Waals surface area contributed by atoms with E-state index in [0.717, 1.165) is 12.1 Å². The monoisotopic (exact) mass is 254 g/mol. The largest absolute Gasteiger partial charge is 0.483 e. The van der Waals surface area contributed by atoms with Crippen molar-refractivity contribution in [2.45, 2.75) is 12.4 Å². The van der Waals surface area contributed by atoms with Crippen LogP contribution in [0.3, 0.4) is 0 Å². The molecule has 0 aliphatic heterocycles. The fourth-order valence-electron chi connectivity index (χ4n) is 1.05. The first-order chi connectivity index (χ1) is 7.59. The van der Waals surface area contributed by atoms with Crippen LogP contribution in [-0.4, -0.2) is 20.6 Å². The lowest BCUT2D eigenvalue weighted by molar-refractivity contribution is -0.158. The Morgan fingerprint density at radius 2 is 1.65 bits per heavy atom. The van der Waals surface area contributed by atoms with Crippen molar-refractivity contribution in [2.24, 2.45) is 0 Å². The molecule has 1 rings (SSSR count). The van der Waals surface area contributed by atoms with Gasteiger partial charge in [0.2, 0.25) is 0 Å². The Hall–Kier alpha value is -1.34. The second-order valence-corrected chi connectivity index (χ2v) is 3.16. The first kappa shape index (κ1) is 13.7. The van der Waals surface area contributed by atoms with Crippen LogP contribution in [0.5, 0.6) is 5.75 Å². The molecule has 0 aliphatic carbocycles. The quantitative estimate of drug-likeness (QED) is 0.581. The van der Waals surface area contributed by atoms with Crippen molar-refractivity contribution in [3.63, 3.8) is 0 Å². The van der Waals surface area contributed by atoms with Crippen LogP contribution < -0.4 is 10.2 Å². The number of benzene rings is 1. The van der Waals surface area contributed by atoms with Crippen LogP contribution in [0.15, 0.2) is 18.2 Å². The number of halogens is 6. The molecule has 1 aromatic carbocycles. The van der Waals surface area contributed by atoms with Crippen LogP contribution in [0.25, 0.3) is 0 Å². The molecule has 0 amide bonds. The molecule has 0 bridgehead atoms. The molecule has 0 aliphatic rings. The number of ether oxygens (including phenoxy) is 1. The van der Waals surface area contributed by atoms with Gasteiger partial charge < -0.3 is 4.74 Å². The molecule has 2 radical (unpaired) electrons. The maximum Gasteiger partial charge on any atom is 0.422 e. The van der Waals surface area contributed by atoms with Gasteiger partial charge in [-0.1, -0.05) is 17.6 Å². The van der Waals surface area contributed by atoms with Gasteiger partial charge in [0.15, 0.2) is 6.61 Å². The maximum atomic E-state index is 12.4. The predicted octanol–water partition coefficient (Wildman–Crippen LogP) is 2.44. The molecule has 0 atom stereocenters. The van der Waals surface area contributed by atoms with Gasteiger partial charge in [0.25, 0.3) is 0 Å². The summed E-state index contributed by atoms with van der Waals surface area (Å²) >= 11 is 0. The van der Waals surface area contributed by atoms with Gasteiger partial charge in [0.1, 0.15) is 13.6 Å². The minimum Gasteiger partial charge on any atom is -0.483 e. The van der Waals surface area contributed by atoms with Crippen molar-refractivity contribution >= 4 is 13.3 Å². The highest BCUT2D eigenvalue weighted by Gasteiger charge is 2.36. The zero-order valence-electron chi connectivity index (χ0n) is 8.19. The van der Waals surface area contributed by atoms with E-state index in [0.29, 0.717) is 6.07 Å². The van der Waals surface area contributed by atoms with Gasteiger partial charge in [-0.15, -0.1) is 0 Å². The smallest absolute Gasteiger partial charge is 0.422 e. The van der Waals surface area contributed by atoms with Crippen molar-refractivity contribution in [1.82, 2.24) is 0 Å². The molecule has 0 spiro atoms. The standard InChI is InChI=1S/C9H5BF6O/c10-5-1-2-7(17-4-8(11,12)13)6(3-5)9(14,15)16/h1-3H,4H2. The average Bonchev–Trinajstić information content (AvgIpc) is 2.13. The van der Waals surface area contributed by atoms with Crippen LogP contribution >= 0.6 is 0 Å². The van der Waals surface area contributed by atoms with Crippen LogP contribution in [-0.2, 0) is 6.18 Å². The molecule has 1 nitrogen and oxygen atoms in total. The van der Waals surface area contributed by atoms with E-state index in [9.17, 15) is 26.3 Å². The fraction of sp³-hybridized carbons (Fsp3) is 0.333. The molecule has 1 aromatic rings. The molecule has 92 valence electrons. The van der Waals surface area contributed by atoms with Crippen molar-refractivity contribution in [1.29, 1.82) is 0 Å². The van der Waals surface area contributed by atoms with E-state index in [4.69, 9.17) is 7.85 Å². The van der Waals surface area contributed by atoms with E-state index in [1.54, 1.807) is 0 Å². The third-order valence-electron chi connectivity index (χ3n) is 1.70. The van der Waals surface area contributed by atoms with Crippen molar-refractivity contribution in [3.8, 4) is 5.75 Å². The summed E-state index contributed by atoms with van der Waals surface area (Å²) in [5, 5.41) is 0. The molecule has 0 unspecified atom stereocenters. The molecule has 0 saturated carbocycles. The van der Waals surface area contributed by atoms with Gasteiger partial charge in [-0.25, -0.2) is 0 Å². The highest BCUT2D eigenvalue weighted by Crippen LogP contribution is 2.35. The number of hydrogen-bond donors (Lipinski definition) is 0. The average molecular weight is 254 g/mol. The van der Waals surface area contributed by atoms with Crippen LogP contribution in [0.2, 0.25) is 0 Å². The highest BCUT2D eigenvalue weighted by molar-refractivity contribution is 6.32. The van der Waals surface area contributed by atoms with Gasteiger partial charge in [0, 0.05) is 0 Å². The third-order valence-corrected chi connectivity index (χ3v) is 1.70. The Labute approximate surface area is 93.8 Å². The van der Waals surface area contributed by atoms with Crippen LogP contribution in [0.1, 0.15) is 5.56 Å². The van der Waals surface area contributed by atoms with E-state index in [2.05, 4.69) is 4.74 Å². The van der Waals surface area contributed by atoms with E-state index in [1.165, 1.54) is 0 Å². The Bertz CT molecular complexity index is 397. The Morgan fingerprint density at radius 1 is 1.06 bits per heavy atom. The Balaban J connectivity index is 2.99. The van der Waals surface area contributed by atoms with Gasteiger partial charge in [-0.2, -0.15) is 26.3 Å². The molecule has 0 N–H and O–H groups in total. The summed E-state index contributed by atoms with van der Waals surface area (Å²) in [4.78, 5) is 0.